The summed E-state index contributed by atoms with van der Waals surface area (Å²) in [6, 6.07) is 10.0. The van der Waals surface area contributed by atoms with E-state index in [9.17, 15) is 19.5 Å². The third-order valence-electron chi connectivity index (χ3n) is 4.75. The highest BCUT2D eigenvalue weighted by Crippen LogP contribution is 2.22. The van der Waals surface area contributed by atoms with Gasteiger partial charge in [-0.15, -0.1) is 0 Å². The quantitative estimate of drug-likeness (QED) is 0.588. The Kier molecular flexibility index (Phi) is 6.43. The van der Waals surface area contributed by atoms with Gasteiger partial charge in [0.05, 0.1) is 5.71 Å². The van der Waals surface area contributed by atoms with Crippen LogP contribution in [0.5, 0.6) is 0 Å². The summed E-state index contributed by atoms with van der Waals surface area (Å²) in [6.07, 6.45) is 3.27. The molecule has 0 saturated carbocycles. The summed E-state index contributed by atoms with van der Waals surface area (Å²) in [5.74, 6) is -1.50. The summed E-state index contributed by atoms with van der Waals surface area (Å²) in [7, 11) is 0. The highest BCUT2D eigenvalue weighted by Gasteiger charge is 2.19. The van der Waals surface area contributed by atoms with Crippen molar-refractivity contribution in [1.29, 1.82) is 0 Å². The van der Waals surface area contributed by atoms with Crippen molar-refractivity contribution in [2.45, 2.75) is 32.6 Å². The normalized spacial score (nSPS) is 15.1. The van der Waals surface area contributed by atoms with Crippen LogP contribution in [-0.4, -0.2) is 41.5 Å². The van der Waals surface area contributed by atoms with E-state index in [2.05, 4.69) is 10.5 Å². The maximum atomic E-state index is 12.1. The number of aromatic carboxylic acids is 1. The summed E-state index contributed by atoms with van der Waals surface area (Å²) in [5.41, 5.74) is 4.58. The molecule has 29 heavy (non-hydrogen) atoms. The standard InChI is InChI=1S/C21H23N3O5/c1-14(22-23-19(25)13-24-12-4-2-3-5-20(24)26)15-6-8-16(9-7-15)17-10-11-18(29-17)21(27)28/h6-11H,2-5,12-13H2,1H3,(H,23,25)(H,27,28)/p-1/b22-14-. The fraction of sp³-hybridized carbons (Fsp3) is 0.333. The minimum atomic E-state index is -1.37. The van der Waals surface area contributed by atoms with Gasteiger partial charge in [-0.2, -0.15) is 5.10 Å². The van der Waals surface area contributed by atoms with E-state index in [0.717, 1.165) is 24.8 Å². The lowest BCUT2D eigenvalue weighted by molar-refractivity contribution is -0.257. The lowest BCUT2D eigenvalue weighted by atomic mass is 10.1. The largest absolute Gasteiger partial charge is 0.542 e. The molecule has 3 rings (SSSR count). The number of benzene rings is 1. The molecule has 1 saturated heterocycles. The summed E-state index contributed by atoms with van der Waals surface area (Å²) in [6.45, 7) is 2.37. The van der Waals surface area contributed by atoms with Gasteiger partial charge in [0.1, 0.15) is 24.0 Å². The molecule has 1 N–H and O–H groups in total. The molecule has 2 amide bonds. The molecule has 8 heteroatoms. The second kappa shape index (κ2) is 9.18. The molecule has 1 aliphatic rings. The predicted octanol–water partition coefficient (Wildman–Crippen LogP) is 1.55. The minimum absolute atomic E-state index is 0.00775. The Bertz CT molecular complexity index is 930. The first-order valence-corrected chi connectivity index (χ1v) is 9.47. The van der Waals surface area contributed by atoms with E-state index in [0.29, 0.717) is 30.0 Å². The summed E-state index contributed by atoms with van der Waals surface area (Å²) < 4.78 is 5.22. The highest BCUT2D eigenvalue weighted by atomic mass is 16.4. The molecular formula is C21H22N3O5-. The highest BCUT2D eigenvalue weighted by molar-refractivity contribution is 5.99. The molecule has 0 aliphatic carbocycles. The van der Waals surface area contributed by atoms with Crippen LogP contribution in [0, 0.1) is 0 Å². The molecule has 2 heterocycles. The number of rotatable bonds is 6. The number of hydrazone groups is 1. The average Bonchev–Trinajstić information content (AvgIpc) is 3.13. The van der Waals surface area contributed by atoms with Crippen molar-refractivity contribution < 1.29 is 23.9 Å². The van der Waals surface area contributed by atoms with Gasteiger partial charge in [-0.3, -0.25) is 9.59 Å². The zero-order valence-corrected chi connectivity index (χ0v) is 16.1. The van der Waals surface area contributed by atoms with Gasteiger partial charge in [0, 0.05) is 18.5 Å². The summed E-state index contributed by atoms with van der Waals surface area (Å²) in [5, 5.41) is 14.9. The van der Waals surface area contributed by atoms with Crippen molar-refractivity contribution in [2.24, 2.45) is 5.10 Å². The van der Waals surface area contributed by atoms with Crippen LogP contribution in [0.4, 0.5) is 0 Å². The van der Waals surface area contributed by atoms with Crippen molar-refractivity contribution in [2.75, 3.05) is 13.1 Å². The Morgan fingerprint density at radius 2 is 1.90 bits per heavy atom. The van der Waals surface area contributed by atoms with Crippen LogP contribution in [0.1, 0.15) is 48.7 Å². The SMILES string of the molecule is C/C(=N/NC(=O)CN1CCCCCC1=O)c1ccc(-c2ccc(C(=O)[O-])o2)cc1. The van der Waals surface area contributed by atoms with Crippen LogP contribution in [0.3, 0.4) is 0 Å². The van der Waals surface area contributed by atoms with Gasteiger partial charge in [0.2, 0.25) is 5.91 Å². The van der Waals surface area contributed by atoms with Gasteiger partial charge >= 0.3 is 0 Å². The summed E-state index contributed by atoms with van der Waals surface area (Å²) >= 11 is 0. The number of furan rings is 1. The lowest BCUT2D eigenvalue weighted by Gasteiger charge is -2.19. The number of carboxylic acid groups (broad SMARTS) is 1. The van der Waals surface area contributed by atoms with Crippen molar-refractivity contribution in [3.05, 3.63) is 47.7 Å². The fourth-order valence-electron chi connectivity index (χ4n) is 3.10. The molecular weight excluding hydrogens is 374 g/mol. The van der Waals surface area contributed by atoms with Crippen LogP contribution < -0.4 is 10.5 Å². The number of nitrogens with one attached hydrogen (secondary N) is 1. The summed E-state index contributed by atoms with van der Waals surface area (Å²) in [4.78, 5) is 36.5. The van der Waals surface area contributed by atoms with Crippen LogP contribution in [0.25, 0.3) is 11.3 Å². The van der Waals surface area contributed by atoms with E-state index in [1.807, 2.05) is 0 Å². The minimum Gasteiger partial charge on any atom is -0.542 e. The zero-order valence-electron chi connectivity index (χ0n) is 16.1. The van der Waals surface area contributed by atoms with Crippen molar-refractivity contribution >= 4 is 23.5 Å². The maximum Gasteiger partial charge on any atom is 0.259 e. The molecule has 0 bridgehead atoms. The predicted molar refractivity (Wildman–Crippen MR) is 104 cm³/mol. The Morgan fingerprint density at radius 1 is 1.14 bits per heavy atom. The molecule has 1 aromatic heterocycles. The van der Waals surface area contributed by atoms with Crippen molar-refractivity contribution in [3.8, 4) is 11.3 Å². The first-order chi connectivity index (χ1) is 13.9. The lowest BCUT2D eigenvalue weighted by Crippen LogP contribution is -2.39. The Hall–Kier alpha value is -3.42. The third kappa shape index (κ3) is 5.31. The van der Waals surface area contributed by atoms with Gasteiger partial charge in [0.25, 0.3) is 5.91 Å². The van der Waals surface area contributed by atoms with E-state index < -0.39 is 5.97 Å². The van der Waals surface area contributed by atoms with E-state index in [-0.39, 0.29) is 24.1 Å². The van der Waals surface area contributed by atoms with Gasteiger partial charge in [-0.1, -0.05) is 30.7 Å². The molecule has 1 aliphatic heterocycles. The number of carbonyl (C=O) groups is 3. The van der Waals surface area contributed by atoms with E-state index in [1.165, 1.54) is 6.07 Å². The molecule has 0 spiro atoms. The Balaban J connectivity index is 1.59. The first kappa shape index (κ1) is 20.3. The Labute approximate surface area is 168 Å². The number of hydrogen-bond acceptors (Lipinski definition) is 6. The van der Waals surface area contributed by atoms with E-state index in [1.54, 1.807) is 42.2 Å². The average molecular weight is 396 g/mol. The fourth-order valence-corrected chi connectivity index (χ4v) is 3.10. The Morgan fingerprint density at radius 3 is 2.59 bits per heavy atom. The molecule has 2 aromatic rings. The molecule has 1 fully saturated rings. The molecule has 8 nitrogen and oxygen atoms in total. The molecule has 0 radical (unpaired) electrons. The molecule has 1 aromatic carbocycles. The number of amides is 2. The molecule has 0 atom stereocenters. The smallest absolute Gasteiger partial charge is 0.259 e. The second-order valence-corrected chi connectivity index (χ2v) is 6.89. The van der Waals surface area contributed by atoms with E-state index >= 15 is 0 Å². The van der Waals surface area contributed by atoms with Crippen LogP contribution in [0.2, 0.25) is 0 Å². The molecule has 0 unspecified atom stereocenters. The third-order valence-corrected chi connectivity index (χ3v) is 4.75. The number of nitrogens with zero attached hydrogens (tertiary/aromatic N) is 2. The van der Waals surface area contributed by atoms with E-state index in [4.69, 9.17) is 4.42 Å². The van der Waals surface area contributed by atoms with Gasteiger partial charge < -0.3 is 19.2 Å². The van der Waals surface area contributed by atoms with Gasteiger partial charge in [-0.25, -0.2) is 5.43 Å². The van der Waals surface area contributed by atoms with Crippen LogP contribution in [-0.2, 0) is 9.59 Å². The number of likely N-dealkylation sites (tertiary alicyclic amines) is 1. The number of hydrogen-bond donors (Lipinski definition) is 1. The topological polar surface area (TPSA) is 115 Å². The van der Waals surface area contributed by atoms with Crippen molar-refractivity contribution in [3.63, 3.8) is 0 Å². The monoisotopic (exact) mass is 396 g/mol. The number of carbonyl (C=O) groups excluding carboxylic acids is 3. The van der Waals surface area contributed by atoms with Crippen LogP contribution >= 0.6 is 0 Å². The number of carboxylic acids is 1. The second-order valence-electron chi connectivity index (χ2n) is 6.89. The molecule has 152 valence electrons. The maximum absolute atomic E-state index is 12.1. The van der Waals surface area contributed by atoms with Gasteiger partial charge in [0.15, 0.2) is 0 Å². The van der Waals surface area contributed by atoms with Crippen molar-refractivity contribution in [1.82, 2.24) is 10.3 Å². The van der Waals surface area contributed by atoms with Gasteiger partial charge in [-0.05, 0) is 37.5 Å². The van der Waals surface area contributed by atoms with Crippen LogP contribution in [0.15, 0.2) is 45.9 Å². The first-order valence-electron chi connectivity index (χ1n) is 9.47. The zero-order chi connectivity index (χ0) is 20.8.